The highest BCUT2D eigenvalue weighted by molar-refractivity contribution is 9.11. The van der Waals surface area contributed by atoms with Gasteiger partial charge in [0.1, 0.15) is 22.7 Å². The van der Waals surface area contributed by atoms with Crippen molar-refractivity contribution in [1.82, 2.24) is 0 Å². The van der Waals surface area contributed by atoms with Crippen LogP contribution in [0.4, 0.5) is 0 Å². The van der Waals surface area contributed by atoms with Crippen molar-refractivity contribution in [3.8, 4) is 31.0 Å². The average Bonchev–Trinajstić information content (AvgIpc) is 4.36. The molecule has 6 atom stereocenters. The number of halogens is 2. The molecule has 444 valence electrons. The van der Waals surface area contributed by atoms with Crippen LogP contribution in [-0.4, -0.2) is 0 Å². The van der Waals surface area contributed by atoms with Gasteiger partial charge in [-0.25, -0.2) is 0 Å². The molecule has 0 saturated carbocycles. The third kappa shape index (κ3) is 22.7. The Labute approximate surface area is 514 Å². The summed E-state index contributed by atoms with van der Waals surface area (Å²) in [4.78, 5) is 5.62. The van der Waals surface area contributed by atoms with Crippen LogP contribution in [-0.2, 0) is 11.2 Å². The molecule has 0 radical (unpaired) electrons. The van der Waals surface area contributed by atoms with E-state index in [1.807, 2.05) is 45.3 Å². The summed E-state index contributed by atoms with van der Waals surface area (Å²) in [5, 5.41) is 4.56. The van der Waals surface area contributed by atoms with Crippen LogP contribution in [0.15, 0.2) is 42.6 Å². The second kappa shape index (κ2) is 37.6. The molecule has 0 N–H and O–H groups in total. The predicted octanol–water partition coefficient (Wildman–Crippen LogP) is 27.6. The molecule has 0 amide bonds. The van der Waals surface area contributed by atoms with Gasteiger partial charge in [0.05, 0.1) is 27.1 Å². The van der Waals surface area contributed by atoms with Gasteiger partial charge in [-0.2, -0.15) is 0 Å². The first-order valence-corrected chi connectivity index (χ1v) is 37.9. The van der Waals surface area contributed by atoms with Gasteiger partial charge in [-0.1, -0.05) is 262 Å². The van der Waals surface area contributed by atoms with E-state index in [0.717, 1.165) is 66.3 Å². The topological polar surface area (TPSA) is 18.5 Å². The van der Waals surface area contributed by atoms with Crippen molar-refractivity contribution < 1.29 is 9.47 Å². The number of hydrogen-bond donors (Lipinski definition) is 0. The molecule has 2 aliphatic rings. The van der Waals surface area contributed by atoms with Crippen LogP contribution >= 0.6 is 77.2 Å². The summed E-state index contributed by atoms with van der Waals surface area (Å²) in [5.41, 5.74) is 2.61. The summed E-state index contributed by atoms with van der Waals surface area (Å²) in [6.07, 6.45) is 48.3. The molecular weight excluding hydrogens is 1160 g/mol. The Bertz CT molecular complexity index is 2160. The van der Waals surface area contributed by atoms with Gasteiger partial charge in [0.2, 0.25) is 0 Å². The summed E-state index contributed by atoms with van der Waals surface area (Å²) in [6, 6.07) is 9.32. The third-order valence-corrected chi connectivity index (χ3v) is 23.2. The summed E-state index contributed by atoms with van der Waals surface area (Å²) in [5.74, 6) is 6.88. The Kier molecular flexibility index (Phi) is 32.9. The van der Waals surface area contributed by atoms with E-state index in [-0.39, 0.29) is 11.2 Å². The molecule has 0 aliphatic carbocycles. The molecule has 4 aromatic rings. The fourth-order valence-corrected chi connectivity index (χ4v) is 18.3. The standard InChI is InChI=1S/C35H56Br2OS2.C35H58OS2/c1-6-8-10-12-13-15-20-28(19-14-11-9-7-2)25-35(22-21-27(5)18-16-17-26(3)4)29-23-31(36)39-33(29)34-30(38-35)24-32(37)40-34;1-6-8-10-12-13-15-20-30(19-14-11-9-7-2)27-35(24-21-29(5)18-16-17-28(3)4)31-22-25-37-33(31)34-32(36-35)23-26-38-34/h23-24,26-28H,6-22,25H2,1-5H3;22-23,25-26,28-30H,6-21,24,27H2,1-5H3. The van der Waals surface area contributed by atoms with Crippen LogP contribution in [0.25, 0.3) is 19.5 Å². The summed E-state index contributed by atoms with van der Waals surface area (Å²) < 4.78 is 16.8. The van der Waals surface area contributed by atoms with Gasteiger partial charge in [0.25, 0.3) is 0 Å². The van der Waals surface area contributed by atoms with Crippen molar-refractivity contribution in [2.75, 3.05) is 0 Å². The van der Waals surface area contributed by atoms with Crippen LogP contribution in [0.1, 0.15) is 312 Å². The highest BCUT2D eigenvalue weighted by Gasteiger charge is 2.46. The van der Waals surface area contributed by atoms with Crippen LogP contribution in [0.5, 0.6) is 11.5 Å². The second-order valence-corrected chi connectivity index (χ2v) is 32.6. The van der Waals surface area contributed by atoms with Gasteiger partial charge < -0.3 is 9.47 Å². The molecule has 6 rings (SSSR count). The van der Waals surface area contributed by atoms with Crippen LogP contribution in [0.3, 0.4) is 0 Å². The first-order valence-electron chi connectivity index (χ1n) is 32.9. The van der Waals surface area contributed by atoms with Crippen LogP contribution in [0.2, 0.25) is 0 Å². The minimum Gasteiger partial charge on any atom is -0.481 e. The molecule has 8 heteroatoms. The first kappa shape index (κ1) is 68.1. The Balaban J connectivity index is 0.000000288. The minimum atomic E-state index is -0.213. The Morgan fingerprint density at radius 3 is 1.31 bits per heavy atom. The fourth-order valence-electron chi connectivity index (χ4n) is 13.0. The van der Waals surface area contributed by atoms with Gasteiger partial charge >= 0.3 is 0 Å². The number of thiophene rings is 4. The molecule has 78 heavy (non-hydrogen) atoms. The van der Waals surface area contributed by atoms with Crippen LogP contribution in [0, 0.1) is 35.5 Å². The van der Waals surface area contributed by atoms with E-state index in [2.05, 4.69) is 136 Å². The maximum atomic E-state index is 7.26. The SMILES string of the molecule is CCCCCCCCC(CCCCCC)CC1(CCC(C)CCCC(C)C)Oc2cc(Br)sc2-c2sc(Br)cc21.CCCCCCCCC(CCCCCC)CC1(CCC(C)CCCC(C)C)Oc2ccsc2-c2sccc21. The molecule has 0 fully saturated rings. The Hall–Kier alpha value is -0.640. The lowest BCUT2D eigenvalue weighted by molar-refractivity contribution is 0.0184. The zero-order valence-corrected chi connectivity index (χ0v) is 58.0. The van der Waals surface area contributed by atoms with Crippen molar-refractivity contribution in [3.63, 3.8) is 0 Å². The maximum absolute atomic E-state index is 7.26. The van der Waals surface area contributed by atoms with E-state index in [1.165, 1.54) is 250 Å². The normalized spacial score (nSPS) is 18.1. The molecule has 2 nitrogen and oxygen atoms in total. The molecule has 0 saturated heterocycles. The largest absolute Gasteiger partial charge is 0.481 e. The maximum Gasteiger partial charge on any atom is 0.141 e. The number of hydrogen-bond acceptors (Lipinski definition) is 6. The number of fused-ring (bicyclic) bond motifs is 6. The zero-order chi connectivity index (χ0) is 56.2. The lowest BCUT2D eigenvalue weighted by Crippen LogP contribution is -2.38. The lowest BCUT2D eigenvalue weighted by Gasteiger charge is -2.41. The van der Waals surface area contributed by atoms with Crippen molar-refractivity contribution in [1.29, 1.82) is 0 Å². The van der Waals surface area contributed by atoms with Gasteiger partial charge in [-0.05, 0) is 135 Å². The third-order valence-electron chi connectivity index (χ3n) is 17.8. The molecule has 6 heterocycles. The Morgan fingerprint density at radius 2 is 0.808 bits per heavy atom. The van der Waals surface area contributed by atoms with E-state index >= 15 is 0 Å². The van der Waals surface area contributed by atoms with Crippen LogP contribution < -0.4 is 9.47 Å². The van der Waals surface area contributed by atoms with Gasteiger partial charge in [-0.15, -0.1) is 45.3 Å². The quantitative estimate of drug-likeness (QED) is 0.0412. The zero-order valence-electron chi connectivity index (χ0n) is 51.6. The summed E-state index contributed by atoms with van der Waals surface area (Å²) >= 11 is 15.2. The summed E-state index contributed by atoms with van der Waals surface area (Å²) in [6.45, 7) is 23.7. The van der Waals surface area contributed by atoms with E-state index in [9.17, 15) is 0 Å². The first-order chi connectivity index (χ1) is 37.8. The minimum absolute atomic E-state index is 0.145. The number of unbranched alkanes of at least 4 members (excludes halogenated alkanes) is 16. The van der Waals surface area contributed by atoms with Crippen molar-refractivity contribution in [3.05, 3.63) is 53.7 Å². The molecule has 4 aromatic heterocycles. The van der Waals surface area contributed by atoms with Crippen molar-refractivity contribution >= 4 is 77.2 Å². The Morgan fingerprint density at radius 1 is 0.397 bits per heavy atom. The molecule has 6 unspecified atom stereocenters. The summed E-state index contributed by atoms with van der Waals surface area (Å²) in [7, 11) is 0. The number of ether oxygens (including phenoxy) is 2. The predicted molar refractivity (Wildman–Crippen MR) is 359 cm³/mol. The monoisotopic (exact) mass is 1270 g/mol. The number of rotatable bonds is 42. The van der Waals surface area contributed by atoms with Crippen molar-refractivity contribution in [2.45, 2.75) is 312 Å². The fraction of sp³-hybridized carbons (Fsp3) is 0.771. The van der Waals surface area contributed by atoms with Gasteiger partial charge in [-0.3, -0.25) is 0 Å². The van der Waals surface area contributed by atoms with E-state index < -0.39 is 0 Å². The van der Waals surface area contributed by atoms with E-state index in [0.29, 0.717) is 0 Å². The smallest absolute Gasteiger partial charge is 0.141 e. The van der Waals surface area contributed by atoms with E-state index in [1.54, 1.807) is 0 Å². The van der Waals surface area contributed by atoms with Gasteiger partial charge in [0.15, 0.2) is 0 Å². The molecular formula is C70H114Br2O2S4. The average molecular weight is 1280 g/mol. The lowest BCUT2D eigenvalue weighted by atomic mass is 9.75. The van der Waals surface area contributed by atoms with E-state index in [4.69, 9.17) is 9.47 Å². The molecule has 2 aliphatic heterocycles. The molecule has 0 aromatic carbocycles. The highest BCUT2D eigenvalue weighted by atomic mass is 79.9. The molecule has 0 spiro atoms. The second-order valence-electron chi connectivity index (χ2n) is 25.9. The van der Waals surface area contributed by atoms with Gasteiger partial charge in [0, 0.05) is 17.2 Å². The van der Waals surface area contributed by atoms with Crippen molar-refractivity contribution in [2.24, 2.45) is 35.5 Å². The molecule has 0 bridgehead atoms. The highest BCUT2D eigenvalue weighted by Crippen LogP contribution is 2.58.